The van der Waals surface area contributed by atoms with Crippen LogP contribution in [0.25, 0.3) is 33.5 Å². The van der Waals surface area contributed by atoms with Crippen molar-refractivity contribution in [3.63, 3.8) is 0 Å². The zero-order valence-electron chi connectivity index (χ0n) is 21.8. The number of anilines is 1. The number of benzene rings is 2. The molecule has 2 heterocycles. The van der Waals surface area contributed by atoms with Gasteiger partial charge in [-0.15, -0.1) is 0 Å². The fourth-order valence-electron chi connectivity index (χ4n) is 4.30. The third kappa shape index (κ3) is 6.35. The first-order valence-electron chi connectivity index (χ1n) is 12.5. The molecule has 0 bridgehead atoms. The fraction of sp³-hybridized carbons (Fsp3) is 0.286. The lowest BCUT2D eigenvalue weighted by molar-refractivity contribution is -0.118. The van der Waals surface area contributed by atoms with E-state index in [4.69, 9.17) is 10.5 Å². The molecule has 0 aliphatic carbocycles. The summed E-state index contributed by atoms with van der Waals surface area (Å²) in [6, 6.07) is 16.6. The van der Waals surface area contributed by atoms with Gasteiger partial charge < -0.3 is 15.5 Å². The van der Waals surface area contributed by atoms with E-state index >= 15 is 0 Å². The van der Waals surface area contributed by atoms with Gasteiger partial charge in [0, 0.05) is 24.4 Å². The Morgan fingerprint density at radius 2 is 1.87 bits per heavy atom. The number of nitriles is 1. The maximum absolute atomic E-state index is 13.0. The van der Waals surface area contributed by atoms with Gasteiger partial charge in [0.1, 0.15) is 5.82 Å². The number of methoxy groups -OCH3 is 1. The molecule has 0 radical (unpaired) electrons. The van der Waals surface area contributed by atoms with Gasteiger partial charge in [-0.1, -0.05) is 31.0 Å². The number of fused-ring (bicyclic) bond motifs is 1. The Balaban J connectivity index is 1.58. The molecule has 0 fully saturated rings. The third-order valence-electron chi connectivity index (χ3n) is 6.48. The van der Waals surface area contributed by atoms with Gasteiger partial charge in [0.15, 0.2) is 0 Å². The minimum absolute atomic E-state index is 0.0327. The summed E-state index contributed by atoms with van der Waals surface area (Å²) in [5.74, 6) is 0.461. The molecule has 0 unspecified atom stereocenters. The molecule has 4 aromatic rings. The number of nitrogens with one attached hydrogen (secondary N) is 1. The van der Waals surface area contributed by atoms with Crippen LogP contribution in [0.3, 0.4) is 0 Å². The van der Waals surface area contributed by atoms with E-state index in [1.807, 2.05) is 30.3 Å². The van der Waals surface area contributed by atoms with E-state index in [9.17, 15) is 18.5 Å². The summed E-state index contributed by atoms with van der Waals surface area (Å²) in [6.07, 6.45) is 4.48. The average molecular weight is 547 g/mol. The molecule has 0 aliphatic rings. The van der Waals surface area contributed by atoms with Gasteiger partial charge in [0.05, 0.1) is 53.2 Å². The second kappa shape index (κ2) is 12.0. The highest BCUT2D eigenvalue weighted by atomic mass is 32.2. The highest BCUT2D eigenvalue weighted by Gasteiger charge is 2.21. The Kier molecular flexibility index (Phi) is 8.46. The van der Waals surface area contributed by atoms with Crippen molar-refractivity contribution in [1.29, 1.82) is 5.26 Å². The normalized spacial score (nSPS) is 11.3. The predicted molar refractivity (Wildman–Crippen MR) is 150 cm³/mol. The molecule has 11 heteroatoms. The summed E-state index contributed by atoms with van der Waals surface area (Å²) < 4.78 is 32.7. The molecule has 39 heavy (non-hydrogen) atoms. The van der Waals surface area contributed by atoms with E-state index in [2.05, 4.69) is 21.0 Å². The minimum Gasteiger partial charge on any atom is -0.480 e. The third-order valence-corrected chi connectivity index (χ3v) is 8.33. The van der Waals surface area contributed by atoms with Crippen LogP contribution in [0, 0.1) is 11.3 Å². The molecule has 0 atom stereocenters. The monoisotopic (exact) mass is 546 g/mol. The zero-order valence-corrected chi connectivity index (χ0v) is 22.7. The SMILES string of the molecule is COc1nc2ccccc2cc1-c1cnc(-c2cc(N(C)S(=O)(=O)CCCCCCC(N)=O)ccc2C#N)[nH]1. The summed E-state index contributed by atoms with van der Waals surface area (Å²) in [5.41, 5.74) is 8.54. The number of imidazole rings is 1. The first-order chi connectivity index (χ1) is 18.7. The molecule has 2 aromatic heterocycles. The molecular weight excluding hydrogens is 516 g/mol. The van der Waals surface area contributed by atoms with Crippen molar-refractivity contribution < 1.29 is 17.9 Å². The Bertz CT molecular complexity index is 1640. The van der Waals surface area contributed by atoms with E-state index in [0.29, 0.717) is 65.5 Å². The maximum atomic E-state index is 13.0. The molecule has 2 aromatic carbocycles. The van der Waals surface area contributed by atoms with Crippen LogP contribution in [0.1, 0.15) is 37.7 Å². The number of sulfonamides is 1. The van der Waals surface area contributed by atoms with Crippen LogP contribution in [0.15, 0.2) is 54.7 Å². The number of rotatable bonds is 12. The standard InChI is InChI=1S/C28H30N6O4S/c1-34(39(36,37)14-8-4-3-5-11-26(30)35)21-13-12-20(17-29)22(16-21)27-31-18-25(32-27)23-15-19-9-6-7-10-24(19)33-28(23)38-2/h6-7,9-10,12-13,15-16,18H,3-5,8,11,14H2,1-2H3,(H2,30,35)(H,31,32). The van der Waals surface area contributed by atoms with Crippen LogP contribution in [0.2, 0.25) is 0 Å². The number of H-pyrrole nitrogens is 1. The van der Waals surface area contributed by atoms with Crippen LogP contribution in [0.5, 0.6) is 5.88 Å². The number of hydrogen-bond acceptors (Lipinski definition) is 7. The summed E-state index contributed by atoms with van der Waals surface area (Å²) >= 11 is 0. The van der Waals surface area contributed by atoms with Gasteiger partial charge in [0.2, 0.25) is 21.8 Å². The number of amides is 1. The molecule has 0 spiro atoms. The summed E-state index contributed by atoms with van der Waals surface area (Å²) in [5, 5.41) is 10.7. The molecular formula is C28H30N6O4S. The van der Waals surface area contributed by atoms with E-state index in [1.54, 1.807) is 31.5 Å². The minimum atomic E-state index is -3.60. The van der Waals surface area contributed by atoms with Crippen molar-refractivity contribution in [2.24, 2.45) is 5.73 Å². The van der Waals surface area contributed by atoms with E-state index in [-0.39, 0.29) is 11.7 Å². The lowest BCUT2D eigenvalue weighted by Gasteiger charge is -2.20. The Labute approximate surface area is 227 Å². The number of aromatic amines is 1. The quantitative estimate of drug-likeness (QED) is 0.250. The number of unbranched alkanes of at least 4 members (excludes halogenated alkanes) is 3. The van der Waals surface area contributed by atoms with Crippen LogP contribution < -0.4 is 14.8 Å². The maximum Gasteiger partial charge on any atom is 0.234 e. The molecule has 0 aliphatic heterocycles. The number of aromatic nitrogens is 3. The van der Waals surface area contributed by atoms with Gasteiger partial charge in [-0.25, -0.2) is 18.4 Å². The summed E-state index contributed by atoms with van der Waals surface area (Å²) in [7, 11) is -0.559. The Hall–Kier alpha value is -4.43. The van der Waals surface area contributed by atoms with Crippen molar-refractivity contribution in [1.82, 2.24) is 15.0 Å². The van der Waals surface area contributed by atoms with Crippen LogP contribution in [-0.4, -0.2) is 49.2 Å². The van der Waals surface area contributed by atoms with Crippen molar-refractivity contribution in [2.75, 3.05) is 24.2 Å². The number of para-hydroxylation sites is 1. The Morgan fingerprint density at radius 3 is 2.62 bits per heavy atom. The van der Waals surface area contributed by atoms with Crippen molar-refractivity contribution >= 4 is 32.5 Å². The van der Waals surface area contributed by atoms with Crippen molar-refractivity contribution in [3.8, 4) is 34.6 Å². The van der Waals surface area contributed by atoms with Gasteiger partial charge in [-0.2, -0.15) is 5.26 Å². The molecule has 0 saturated carbocycles. The zero-order chi connectivity index (χ0) is 28.0. The fourth-order valence-corrected chi connectivity index (χ4v) is 5.58. The molecule has 0 saturated heterocycles. The van der Waals surface area contributed by atoms with Crippen LogP contribution in [-0.2, 0) is 14.8 Å². The molecule has 1 amide bonds. The molecule has 4 rings (SSSR count). The van der Waals surface area contributed by atoms with E-state index in [0.717, 1.165) is 17.3 Å². The topological polar surface area (TPSA) is 155 Å². The second-order valence-electron chi connectivity index (χ2n) is 9.14. The van der Waals surface area contributed by atoms with Crippen LogP contribution in [0.4, 0.5) is 5.69 Å². The number of primary amides is 1. The molecule has 3 N–H and O–H groups in total. The van der Waals surface area contributed by atoms with E-state index < -0.39 is 10.0 Å². The van der Waals surface area contributed by atoms with Gasteiger partial charge in [-0.05, 0) is 43.2 Å². The smallest absolute Gasteiger partial charge is 0.234 e. The number of carbonyl (C=O) groups is 1. The molecule has 202 valence electrons. The summed E-state index contributed by atoms with van der Waals surface area (Å²) in [4.78, 5) is 23.2. The average Bonchev–Trinajstić information content (AvgIpc) is 3.43. The number of carbonyl (C=O) groups excluding carboxylic acids is 1. The van der Waals surface area contributed by atoms with Crippen molar-refractivity contribution in [3.05, 3.63) is 60.3 Å². The lowest BCUT2D eigenvalue weighted by Crippen LogP contribution is -2.29. The summed E-state index contributed by atoms with van der Waals surface area (Å²) in [6.45, 7) is 0. The number of ether oxygens (including phenoxy) is 1. The highest BCUT2D eigenvalue weighted by Crippen LogP contribution is 2.33. The lowest BCUT2D eigenvalue weighted by atomic mass is 10.1. The van der Waals surface area contributed by atoms with Gasteiger partial charge >= 0.3 is 0 Å². The number of hydrogen-bond donors (Lipinski definition) is 2. The number of pyridine rings is 1. The van der Waals surface area contributed by atoms with E-state index in [1.165, 1.54) is 11.4 Å². The highest BCUT2D eigenvalue weighted by molar-refractivity contribution is 7.92. The first kappa shape index (κ1) is 27.6. The van der Waals surface area contributed by atoms with Crippen molar-refractivity contribution in [2.45, 2.75) is 32.1 Å². The van der Waals surface area contributed by atoms with Crippen LogP contribution >= 0.6 is 0 Å². The Morgan fingerprint density at radius 1 is 1.10 bits per heavy atom. The second-order valence-corrected chi connectivity index (χ2v) is 11.3. The molecule has 10 nitrogen and oxygen atoms in total. The van der Waals surface area contributed by atoms with Gasteiger partial charge in [0.25, 0.3) is 0 Å². The van der Waals surface area contributed by atoms with Gasteiger partial charge in [-0.3, -0.25) is 9.10 Å². The first-order valence-corrected chi connectivity index (χ1v) is 14.1. The largest absolute Gasteiger partial charge is 0.480 e. The number of nitrogens with zero attached hydrogens (tertiary/aromatic N) is 4. The number of nitrogens with two attached hydrogens (primary N) is 1. The predicted octanol–water partition coefficient (Wildman–Crippen LogP) is 4.37.